The summed E-state index contributed by atoms with van der Waals surface area (Å²) in [7, 11) is -8.04. The van der Waals surface area contributed by atoms with Gasteiger partial charge in [-0.2, -0.15) is 0 Å². The molecule has 31 heavy (non-hydrogen) atoms. The van der Waals surface area contributed by atoms with Gasteiger partial charge in [0.2, 0.25) is 15.9 Å². The molecule has 0 aliphatic carbocycles. The van der Waals surface area contributed by atoms with Gasteiger partial charge in [-0.05, 0) is 25.1 Å². The Morgan fingerprint density at radius 3 is 2.35 bits per heavy atom. The van der Waals surface area contributed by atoms with Crippen molar-refractivity contribution in [2.24, 2.45) is 0 Å². The number of amides is 2. The summed E-state index contributed by atoms with van der Waals surface area (Å²) in [5.74, 6) is -2.64. The largest absolute Gasteiger partial charge is 0.492 e. The van der Waals surface area contributed by atoms with Gasteiger partial charge in [0.05, 0.1) is 30.2 Å². The molecule has 1 heterocycles. The lowest BCUT2D eigenvalue weighted by Gasteiger charge is -2.23. The molecule has 0 saturated carbocycles. The number of carbonyl (C=O) groups is 2. The first-order valence-corrected chi connectivity index (χ1v) is 13.2. The Kier molecular flexibility index (Phi) is 8.10. The van der Waals surface area contributed by atoms with Crippen LogP contribution in [-0.2, 0) is 29.4 Å². The van der Waals surface area contributed by atoms with E-state index in [1.54, 1.807) is 6.92 Å². The minimum atomic E-state index is -4.35. The number of sulfonamides is 1. The number of hydrogen-bond donors (Lipinski definition) is 3. The molecule has 0 bridgehead atoms. The van der Waals surface area contributed by atoms with Crippen LogP contribution in [0.1, 0.15) is 13.8 Å². The molecule has 0 spiro atoms. The summed E-state index contributed by atoms with van der Waals surface area (Å²) < 4.78 is 55.6. The Morgan fingerprint density at radius 2 is 1.81 bits per heavy atom. The second-order valence-corrected chi connectivity index (χ2v) is 12.8. The Labute approximate surface area is 194 Å². The van der Waals surface area contributed by atoms with Crippen molar-refractivity contribution >= 4 is 72.2 Å². The quantitative estimate of drug-likeness (QED) is 0.440. The molecule has 0 radical (unpaired) electrons. The van der Waals surface area contributed by atoms with Crippen LogP contribution in [0.3, 0.4) is 0 Å². The molecule has 1 aliphatic rings. The number of nitrogens with one attached hydrogen (secondary N) is 3. The molecule has 1 aliphatic heterocycles. The van der Waals surface area contributed by atoms with E-state index in [1.165, 1.54) is 25.1 Å². The highest BCUT2D eigenvalue weighted by atomic mass is 35.6. The summed E-state index contributed by atoms with van der Waals surface area (Å²) in [5, 5.41) is 4.71. The van der Waals surface area contributed by atoms with E-state index in [2.05, 4.69) is 15.4 Å². The molecular formula is C16H20Cl3N3O7S2. The highest BCUT2D eigenvalue weighted by molar-refractivity contribution is 7.92. The van der Waals surface area contributed by atoms with E-state index in [9.17, 15) is 26.4 Å². The fourth-order valence-electron chi connectivity index (χ4n) is 2.89. The molecule has 174 valence electrons. The summed E-state index contributed by atoms with van der Waals surface area (Å²) in [5.41, 5.74) is 0.191. The normalized spacial score (nSPS) is 20.8. The zero-order chi connectivity index (χ0) is 23.6. The highest BCUT2D eigenvalue weighted by Gasteiger charge is 2.43. The first-order valence-electron chi connectivity index (χ1n) is 8.79. The molecule has 0 aromatic heterocycles. The maximum absolute atomic E-state index is 13.1. The molecule has 1 aromatic carbocycles. The Hall–Kier alpha value is -1.31. The van der Waals surface area contributed by atoms with Crippen LogP contribution in [0.2, 0.25) is 0 Å². The zero-order valence-electron chi connectivity index (χ0n) is 16.3. The van der Waals surface area contributed by atoms with E-state index in [0.29, 0.717) is 0 Å². The van der Waals surface area contributed by atoms with Gasteiger partial charge in [-0.3, -0.25) is 9.59 Å². The van der Waals surface area contributed by atoms with Crippen molar-refractivity contribution in [3.63, 3.8) is 0 Å². The fraction of sp³-hybridized carbons (Fsp3) is 0.500. The molecule has 1 fully saturated rings. The van der Waals surface area contributed by atoms with Crippen LogP contribution in [-0.4, -0.2) is 62.6 Å². The molecule has 10 nitrogen and oxygen atoms in total. The van der Waals surface area contributed by atoms with Crippen molar-refractivity contribution in [1.29, 1.82) is 0 Å². The van der Waals surface area contributed by atoms with Crippen molar-refractivity contribution in [1.82, 2.24) is 10.0 Å². The van der Waals surface area contributed by atoms with E-state index in [0.717, 1.165) is 0 Å². The minimum absolute atomic E-state index is 0.00756. The van der Waals surface area contributed by atoms with Crippen molar-refractivity contribution in [3.05, 3.63) is 18.2 Å². The molecular weight excluding hydrogens is 517 g/mol. The van der Waals surface area contributed by atoms with Crippen LogP contribution < -0.4 is 20.1 Å². The molecule has 1 saturated heterocycles. The number of sulfone groups is 1. The fourth-order valence-corrected chi connectivity index (χ4v) is 6.47. The van der Waals surface area contributed by atoms with Gasteiger partial charge in [-0.1, -0.05) is 34.8 Å². The van der Waals surface area contributed by atoms with Gasteiger partial charge in [0.25, 0.3) is 9.70 Å². The van der Waals surface area contributed by atoms with Gasteiger partial charge < -0.3 is 15.4 Å². The predicted octanol–water partition coefficient (Wildman–Crippen LogP) is 0.974. The number of rotatable bonds is 7. The van der Waals surface area contributed by atoms with E-state index >= 15 is 0 Å². The monoisotopic (exact) mass is 535 g/mol. The van der Waals surface area contributed by atoms with E-state index < -0.39 is 59.1 Å². The maximum atomic E-state index is 13.1. The Balaban J connectivity index is 2.38. The molecule has 2 unspecified atom stereocenters. The topological polar surface area (TPSA) is 148 Å². The van der Waals surface area contributed by atoms with Gasteiger partial charge >= 0.3 is 0 Å². The van der Waals surface area contributed by atoms with Gasteiger partial charge in [-0.15, -0.1) is 0 Å². The number of carbonyl (C=O) groups excluding carboxylic acids is 2. The Morgan fingerprint density at radius 1 is 1.19 bits per heavy atom. The molecule has 2 amide bonds. The average Bonchev–Trinajstić information content (AvgIpc) is 2.87. The summed E-state index contributed by atoms with van der Waals surface area (Å²) in [6.07, 6.45) is 0. The third-order valence-electron chi connectivity index (χ3n) is 4.09. The lowest BCUT2D eigenvalue weighted by Crippen LogP contribution is -2.53. The number of halogens is 3. The van der Waals surface area contributed by atoms with Crippen LogP contribution >= 0.6 is 34.8 Å². The second-order valence-electron chi connectivity index (χ2n) is 6.66. The number of hydrogen-bond acceptors (Lipinski definition) is 7. The average molecular weight is 537 g/mol. The summed E-state index contributed by atoms with van der Waals surface area (Å²) in [6.45, 7) is 3.06. The zero-order valence-corrected chi connectivity index (χ0v) is 20.2. The van der Waals surface area contributed by atoms with Crippen LogP contribution in [0, 0.1) is 0 Å². The molecule has 2 atom stereocenters. The first-order chi connectivity index (χ1) is 14.1. The molecule has 1 aromatic rings. The maximum Gasteiger partial charge on any atom is 0.272 e. The molecule has 2 rings (SSSR count). The summed E-state index contributed by atoms with van der Waals surface area (Å²) >= 11 is 16.5. The standard InChI is InChI=1S/C16H20Cl3N3O7S2/c1-3-29-13-5-4-10(20-9(2)23)6-14(13)31(27,28)22-12-8-30(25,26)7-11(12)21-15(24)16(17,18)19/h4-6,11-12,22H,3,7-8H2,1-2H3,(H,20,23)(H,21,24). The number of anilines is 1. The SMILES string of the molecule is CCOc1ccc(NC(C)=O)cc1S(=O)(=O)NC1CS(=O)(=O)CC1NC(=O)C(Cl)(Cl)Cl. The first kappa shape index (κ1) is 25.9. The highest BCUT2D eigenvalue weighted by Crippen LogP contribution is 2.30. The lowest BCUT2D eigenvalue weighted by molar-refractivity contribution is -0.121. The third kappa shape index (κ3) is 7.09. The third-order valence-corrected chi connectivity index (χ3v) is 7.85. The number of alkyl halides is 3. The molecule has 15 heteroatoms. The summed E-state index contributed by atoms with van der Waals surface area (Å²) in [4.78, 5) is 23.0. The number of ether oxygens (including phenoxy) is 1. The van der Waals surface area contributed by atoms with E-state index in [-0.39, 0.29) is 22.9 Å². The van der Waals surface area contributed by atoms with Gasteiger partial charge in [0.1, 0.15) is 10.6 Å². The lowest BCUT2D eigenvalue weighted by atomic mass is 10.2. The van der Waals surface area contributed by atoms with E-state index in [1.807, 2.05) is 0 Å². The van der Waals surface area contributed by atoms with Crippen molar-refractivity contribution in [3.8, 4) is 5.75 Å². The minimum Gasteiger partial charge on any atom is -0.492 e. The van der Waals surface area contributed by atoms with Gasteiger partial charge in [0, 0.05) is 12.6 Å². The van der Waals surface area contributed by atoms with Crippen LogP contribution in [0.15, 0.2) is 23.1 Å². The van der Waals surface area contributed by atoms with Crippen molar-refractivity contribution in [2.45, 2.75) is 34.6 Å². The van der Waals surface area contributed by atoms with Crippen molar-refractivity contribution < 1.29 is 31.2 Å². The molecule has 3 N–H and O–H groups in total. The van der Waals surface area contributed by atoms with Gasteiger partial charge in [-0.25, -0.2) is 21.6 Å². The van der Waals surface area contributed by atoms with Gasteiger partial charge in [0.15, 0.2) is 9.84 Å². The smallest absolute Gasteiger partial charge is 0.272 e. The number of benzene rings is 1. The summed E-state index contributed by atoms with van der Waals surface area (Å²) in [6, 6.07) is 1.58. The predicted molar refractivity (Wildman–Crippen MR) is 117 cm³/mol. The van der Waals surface area contributed by atoms with Crippen LogP contribution in [0.5, 0.6) is 5.75 Å². The van der Waals surface area contributed by atoms with Crippen LogP contribution in [0.4, 0.5) is 5.69 Å². The second kappa shape index (κ2) is 9.67. The van der Waals surface area contributed by atoms with Crippen molar-refractivity contribution in [2.75, 3.05) is 23.4 Å². The van der Waals surface area contributed by atoms with E-state index in [4.69, 9.17) is 39.5 Å². The Bertz CT molecular complexity index is 1070. The van der Waals surface area contributed by atoms with Crippen LogP contribution in [0.25, 0.3) is 0 Å².